The van der Waals surface area contributed by atoms with Gasteiger partial charge in [0.05, 0.1) is 23.3 Å². The molecule has 53 heavy (non-hydrogen) atoms. The SMILES string of the molecule is Cc1c(COc2cc(OCc3cncc(C(N)=O)c3)c(CNC(CO)C(=O)O)cc2Cl)cccc1-c1cccc(-c2ccc3c(c2)C(O)C[C@H]3N)c1C. The monoisotopic (exact) mass is 736 g/mol. The maximum absolute atomic E-state index is 11.7. The number of aliphatic carboxylic acids is 1. The smallest absolute Gasteiger partial charge is 0.323 e. The Balaban J connectivity index is 1.25. The molecule has 0 bridgehead atoms. The number of carboxylic acid groups (broad SMARTS) is 1. The Morgan fingerprint density at radius 1 is 0.906 bits per heavy atom. The van der Waals surface area contributed by atoms with Crippen molar-refractivity contribution in [1.29, 1.82) is 0 Å². The van der Waals surface area contributed by atoms with E-state index in [1.54, 1.807) is 24.4 Å². The molecule has 0 spiro atoms. The highest BCUT2D eigenvalue weighted by Gasteiger charge is 2.27. The molecule has 0 aliphatic heterocycles. The fraction of sp³-hybridized carbons (Fsp3) is 0.244. The lowest BCUT2D eigenvalue weighted by Gasteiger charge is -2.19. The molecule has 1 aromatic heterocycles. The first-order valence-electron chi connectivity index (χ1n) is 17.1. The van der Waals surface area contributed by atoms with Crippen molar-refractivity contribution in [3.63, 3.8) is 0 Å². The normalized spacial score (nSPS) is 15.5. The molecule has 5 aromatic rings. The number of fused-ring (bicyclic) bond motifs is 1. The molecule has 1 amide bonds. The van der Waals surface area contributed by atoms with Gasteiger partial charge in [0.1, 0.15) is 30.8 Å². The number of nitrogens with one attached hydrogen (secondary N) is 1. The number of hydrogen-bond donors (Lipinski definition) is 6. The number of nitrogens with zero attached hydrogens (tertiary/aromatic N) is 1. The van der Waals surface area contributed by atoms with E-state index in [9.17, 15) is 24.9 Å². The van der Waals surface area contributed by atoms with Crippen molar-refractivity contribution >= 4 is 23.5 Å². The van der Waals surface area contributed by atoms with Crippen LogP contribution in [0.1, 0.15) is 67.9 Å². The lowest BCUT2D eigenvalue weighted by molar-refractivity contribution is -0.140. The van der Waals surface area contributed by atoms with Crippen molar-refractivity contribution in [3.05, 3.63) is 135 Å². The second-order valence-electron chi connectivity index (χ2n) is 13.1. The number of carbonyl (C=O) groups excluding carboxylic acids is 1. The number of benzene rings is 4. The highest BCUT2D eigenvalue weighted by Crippen LogP contribution is 2.41. The molecule has 1 heterocycles. The number of rotatable bonds is 14. The molecule has 1 aliphatic rings. The predicted octanol–water partition coefficient (Wildman–Crippen LogP) is 5.91. The summed E-state index contributed by atoms with van der Waals surface area (Å²) in [7, 11) is 0. The van der Waals surface area contributed by atoms with E-state index in [1.165, 1.54) is 6.20 Å². The van der Waals surface area contributed by atoms with Gasteiger partial charge in [-0.2, -0.15) is 0 Å². The summed E-state index contributed by atoms with van der Waals surface area (Å²) in [6, 6.07) is 21.9. The van der Waals surface area contributed by atoms with E-state index in [0.29, 0.717) is 29.0 Å². The van der Waals surface area contributed by atoms with E-state index >= 15 is 0 Å². The lowest BCUT2D eigenvalue weighted by atomic mass is 9.89. The molecule has 6 rings (SSSR count). The summed E-state index contributed by atoms with van der Waals surface area (Å²) in [5.41, 5.74) is 22.1. The molecule has 2 unspecified atom stereocenters. The molecule has 0 radical (unpaired) electrons. The Hall–Kier alpha value is -5.30. The van der Waals surface area contributed by atoms with Crippen LogP contribution in [0.3, 0.4) is 0 Å². The Morgan fingerprint density at radius 3 is 2.36 bits per heavy atom. The van der Waals surface area contributed by atoms with Crippen LogP contribution in [0.25, 0.3) is 22.3 Å². The van der Waals surface area contributed by atoms with Crippen LogP contribution in [0.4, 0.5) is 0 Å². The number of nitrogens with two attached hydrogens (primary N) is 2. The van der Waals surface area contributed by atoms with Crippen LogP contribution in [0.5, 0.6) is 11.5 Å². The molecule has 0 saturated heterocycles. The standard InChI is InChI=1S/C41H41ClN4O7/c1-22-26(5-3-7-30(22)31-8-4-6-29(23(31)2)25-9-10-32-33(12-25)37(48)14-35(32)43)21-53-39-15-38(52-20-24-11-28(40(44)49)17-45-16-24)27(13-34(39)42)18-46-36(19-47)41(50)51/h3-13,15-17,35-37,46-48H,14,18-21,43H2,1-2H3,(H2,44,49)(H,50,51)/t35-,36?,37?/m1/s1. The van der Waals surface area contributed by atoms with Crippen molar-refractivity contribution in [3.8, 4) is 33.8 Å². The third-order valence-corrected chi connectivity index (χ3v) is 9.99. The van der Waals surface area contributed by atoms with Crippen LogP contribution >= 0.6 is 11.6 Å². The molecule has 3 atom stereocenters. The third-order valence-electron chi connectivity index (χ3n) is 9.69. The number of amides is 1. The van der Waals surface area contributed by atoms with Crippen molar-refractivity contribution in [2.75, 3.05) is 6.61 Å². The second kappa shape index (κ2) is 16.2. The van der Waals surface area contributed by atoms with Crippen molar-refractivity contribution in [1.82, 2.24) is 10.3 Å². The molecular weight excluding hydrogens is 696 g/mol. The van der Waals surface area contributed by atoms with Gasteiger partial charge in [0.15, 0.2) is 0 Å². The molecule has 11 nitrogen and oxygen atoms in total. The number of aromatic nitrogens is 1. The van der Waals surface area contributed by atoms with Crippen LogP contribution in [0.15, 0.2) is 85.2 Å². The Labute approximate surface area is 312 Å². The summed E-state index contributed by atoms with van der Waals surface area (Å²) in [5, 5.41) is 32.6. The summed E-state index contributed by atoms with van der Waals surface area (Å²) >= 11 is 6.71. The van der Waals surface area contributed by atoms with E-state index in [1.807, 2.05) is 37.3 Å². The maximum Gasteiger partial charge on any atom is 0.323 e. The summed E-state index contributed by atoms with van der Waals surface area (Å²) in [5.74, 6) is -1.14. The largest absolute Gasteiger partial charge is 0.488 e. The second-order valence-corrected chi connectivity index (χ2v) is 13.5. The number of hydrogen-bond acceptors (Lipinski definition) is 9. The van der Waals surface area contributed by atoms with Crippen LogP contribution in [0, 0.1) is 13.8 Å². The molecule has 0 fully saturated rings. The van der Waals surface area contributed by atoms with Crippen molar-refractivity contribution in [2.24, 2.45) is 11.5 Å². The first kappa shape index (κ1) is 37.5. The zero-order chi connectivity index (χ0) is 37.8. The number of primary amides is 1. The molecule has 0 saturated carbocycles. The number of ether oxygens (including phenoxy) is 2. The topological polar surface area (TPSA) is 190 Å². The highest BCUT2D eigenvalue weighted by molar-refractivity contribution is 6.32. The zero-order valence-corrected chi connectivity index (χ0v) is 30.1. The van der Waals surface area contributed by atoms with Crippen LogP contribution in [-0.2, 0) is 24.6 Å². The molecule has 274 valence electrons. The van der Waals surface area contributed by atoms with Gasteiger partial charge in [-0.15, -0.1) is 0 Å². The number of carboxylic acids is 1. The zero-order valence-electron chi connectivity index (χ0n) is 29.3. The number of pyridine rings is 1. The van der Waals surface area contributed by atoms with E-state index in [2.05, 4.69) is 41.5 Å². The highest BCUT2D eigenvalue weighted by atomic mass is 35.5. The minimum Gasteiger partial charge on any atom is -0.488 e. The van der Waals surface area contributed by atoms with Gasteiger partial charge in [0.2, 0.25) is 5.91 Å². The maximum atomic E-state index is 11.7. The van der Waals surface area contributed by atoms with Gasteiger partial charge < -0.3 is 36.3 Å². The minimum atomic E-state index is -1.21. The van der Waals surface area contributed by atoms with Gasteiger partial charge in [-0.25, -0.2) is 0 Å². The van der Waals surface area contributed by atoms with E-state index < -0.39 is 30.6 Å². The molecule has 8 N–H and O–H groups in total. The third kappa shape index (κ3) is 8.20. The number of halogens is 1. The first-order chi connectivity index (χ1) is 25.4. The Bertz CT molecular complexity index is 2180. The van der Waals surface area contributed by atoms with Crippen LogP contribution in [0.2, 0.25) is 5.02 Å². The molecule has 12 heteroatoms. The number of aliphatic hydroxyl groups is 2. The molecule has 4 aromatic carbocycles. The minimum absolute atomic E-state index is 0.0176. The molecule has 1 aliphatic carbocycles. The van der Waals surface area contributed by atoms with E-state index in [-0.39, 0.29) is 36.4 Å². The summed E-state index contributed by atoms with van der Waals surface area (Å²) < 4.78 is 12.4. The van der Waals surface area contributed by atoms with Gasteiger partial charge in [-0.1, -0.05) is 60.1 Å². The average Bonchev–Trinajstić information content (AvgIpc) is 3.43. The summed E-state index contributed by atoms with van der Waals surface area (Å²) in [6.45, 7) is 3.76. The van der Waals surface area contributed by atoms with E-state index in [0.717, 1.165) is 50.1 Å². The number of aliphatic hydroxyl groups excluding tert-OH is 2. The fourth-order valence-electron chi connectivity index (χ4n) is 6.67. The van der Waals surface area contributed by atoms with Crippen molar-refractivity contribution < 1.29 is 34.4 Å². The quantitative estimate of drug-likeness (QED) is 0.0799. The van der Waals surface area contributed by atoms with Crippen molar-refractivity contribution in [2.45, 2.75) is 58.2 Å². The van der Waals surface area contributed by atoms with Gasteiger partial charge in [-0.3, -0.25) is 19.9 Å². The predicted molar refractivity (Wildman–Crippen MR) is 202 cm³/mol. The van der Waals surface area contributed by atoms with Gasteiger partial charge in [-0.05, 0) is 88.5 Å². The van der Waals surface area contributed by atoms with Crippen LogP contribution < -0.4 is 26.3 Å². The average molecular weight is 737 g/mol. The van der Waals surface area contributed by atoms with Gasteiger partial charge in [0.25, 0.3) is 0 Å². The molecular formula is C41H41ClN4O7. The Kier molecular flexibility index (Phi) is 11.4. The Morgan fingerprint density at radius 2 is 1.62 bits per heavy atom. The summed E-state index contributed by atoms with van der Waals surface area (Å²) in [6.07, 6.45) is 2.86. The van der Waals surface area contributed by atoms with E-state index in [4.69, 9.17) is 32.5 Å². The summed E-state index contributed by atoms with van der Waals surface area (Å²) in [4.78, 5) is 27.3. The van der Waals surface area contributed by atoms with Crippen LogP contribution in [-0.4, -0.2) is 44.8 Å². The lowest BCUT2D eigenvalue weighted by Crippen LogP contribution is -2.39. The first-order valence-corrected chi connectivity index (χ1v) is 17.5. The number of carbonyl (C=O) groups is 2. The van der Waals surface area contributed by atoms with Gasteiger partial charge >= 0.3 is 5.97 Å². The van der Waals surface area contributed by atoms with Gasteiger partial charge in [0, 0.05) is 42.2 Å². The fourth-order valence-corrected chi connectivity index (χ4v) is 6.92.